The van der Waals surface area contributed by atoms with E-state index < -0.39 is 16.9 Å². The molecule has 0 aliphatic heterocycles. The average molecular weight is 339 g/mol. The smallest absolute Gasteiger partial charge is 0.330 e. The zero-order valence-corrected chi connectivity index (χ0v) is 14.6. The van der Waals surface area contributed by atoms with Gasteiger partial charge < -0.3 is 19.7 Å². The van der Waals surface area contributed by atoms with Crippen molar-refractivity contribution in [2.45, 2.75) is 65.0 Å². The summed E-state index contributed by atoms with van der Waals surface area (Å²) >= 11 is 0. The first-order valence-corrected chi connectivity index (χ1v) is 8.18. The predicted octanol–water partition coefficient (Wildman–Crippen LogP) is 1.48. The molecule has 8 nitrogen and oxygen atoms in total. The summed E-state index contributed by atoms with van der Waals surface area (Å²) in [6, 6.07) is 0. The number of aromatic nitrogens is 2. The van der Waals surface area contributed by atoms with Crippen LogP contribution in [0.25, 0.3) is 0 Å². The zero-order valence-electron chi connectivity index (χ0n) is 14.6. The summed E-state index contributed by atoms with van der Waals surface area (Å²) in [5, 5.41) is 16.1. The highest BCUT2D eigenvalue weighted by atomic mass is 16.5. The second kappa shape index (κ2) is 6.88. The lowest BCUT2D eigenvalue weighted by molar-refractivity contribution is -0.194. The highest BCUT2D eigenvalue weighted by molar-refractivity contribution is 5.89. The number of ether oxygens (including phenoxy) is 1. The van der Waals surface area contributed by atoms with E-state index in [0.29, 0.717) is 31.2 Å². The van der Waals surface area contributed by atoms with Gasteiger partial charge in [-0.15, -0.1) is 0 Å². The van der Waals surface area contributed by atoms with Crippen LogP contribution in [0.2, 0.25) is 0 Å². The number of hydrogen-bond acceptors (Lipinski definition) is 6. The lowest BCUT2D eigenvalue weighted by Crippen LogP contribution is -2.76. The van der Waals surface area contributed by atoms with Gasteiger partial charge in [0.2, 0.25) is 11.8 Å². The molecule has 0 saturated heterocycles. The van der Waals surface area contributed by atoms with E-state index in [0.717, 1.165) is 0 Å². The fourth-order valence-electron chi connectivity index (χ4n) is 3.18. The van der Waals surface area contributed by atoms with E-state index in [4.69, 9.17) is 9.26 Å². The number of rotatable bonds is 8. The Morgan fingerprint density at radius 3 is 2.67 bits per heavy atom. The minimum Gasteiger partial charge on any atom is -0.479 e. The molecule has 2 unspecified atom stereocenters. The summed E-state index contributed by atoms with van der Waals surface area (Å²) in [6.45, 7) is 7.73. The molecule has 134 valence electrons. The van der Waals surface area contributed by atoms with Gasteiger partial charge in [-0.1, -0.05) is 19.0 Å². The normalized spacial score (nSPS) is 25.1. The Hall–Kier alpha value is -1.96. The number of carbonyl (C=O) groups excluding carboxylic acids is 1. The predicted molar refractivity (Wildman–Crippen MR) is 84.3 cm³/mol. The molecule has 1 fully saturated rings. The Balaban J connectivity index is 1.91. The van der Waals surface area contributed by atoms with Crippen LogP contribution in [0, 0.1) is 12.3 Å². The van der Waals surface area contributed by atoms with Crippen molar-refractivity contribution in [1.29, 1.82) is 0 Å². The third-order valence-electron chi connectivity index (χ3n) is 4.85. The zero-order chi connectivity index (χ0) is 18.0. The van der Waals surface area contributed by atoms with Crippen LogP contribution in [-0.2, 0) is 20.7 Å². The molecule has 1 aromatic heterocycles. The maximum Gasteiger partial charge on any atom is 0.330 e. The number of carboxylic acids is 1. The summed E-state index contributed by atoms with van der Waals surface area (Å²) in [4.78, 5) is 28.1. The number of aryl methyl sites for hydroxylation is 2. The molecule has 2 atom stereocenters. The molecule has 1 saturated carbocycles. The highest BCUT2D eigenvalue weighted by Gasteiger charge is 2.66. The first-order chi connectivity index (χ1) is 11.2. The largest absolute Gasteiger partial charge is 0.479 e. The van der Waals surface area contributed by atoms with Crippen LogP contribution in [0.1, 0.15) is 51.7 Å². The van der Waals surface area contributed by atoms with Crippen molar-refractivity contribution in [3.8, 4) is 0 Å². The van der Waals surface area contributed by atoms with Gasteiger partial charge in [0.15, 0.2) is 5.82 Å². The molecule has 24 heavy (non-hydrogen) atoms. The summed E-state index contributed by atoms with van der Waals surface area (Å²) in [6.07, 6.45) is 1.29. The second-order valence-corrected chi connectivity index (χ2v) is 6.72. The van der Waals surface area contributed by atoms with Crippen molar-refractivity contribution in [3.05, 3.63) is 11.7 Å². The van der Waals surface area contributed by atoms with E-state index in [1.807, 2.05) is 20.8 Å². The Morgan fingerprint density at radius 1 is 1.46 bits per heavy atom. The number of aliphatic carboxylic acids is 1. The molecule has 8 heteroatoms. The van der Waals surface area contributed by atoms with Crippen molar-refractivity contribution >= 4 is 11.9 Å². The quantitative estimate of drug-likeness (QED) is 0.737. The molecule has 2 rings (SSSR count). The number of carboxylic acid groups (broad SMARTS) is 1. The molecule has 1 aliphatic carbocycles. The molecule has 1 aromatic rings. The molecule has 0 aromatic carbocycles. The van der Waals surface area contributed by atoms with Gasteiger partial charge in [-0.2, -0.15) is 4.98 Å². The van der Waals surface area contributed by atoms with Gasteiger partial charge in [-0.25, -0.2) is 4.79 Å². The van der Waals surface area contributed by atoms with Crippen LogP contribution in [-0.4, -0.2) is 45.4 Å². The van der Waals surface area contributed by atoms with Gasteiger partial charge >= 0.3 is 5.97 Å². The number of amides is 1. The molecule has 0 radical (unpaired) electrons. The topological polar surface area (TPSA) is 115 Å². The van der Waals surface area contributed by atoms with E-state index in [1.165, 1.54) is 0 Å². The second-order valence-electron chi connectivity index (χ2n) is 6.72. The molecule has 0 spiro atoms. The molecule has 1 heterocycles. The maximum absolute atomic E-state index is 12.2. The maximum atomic E-state index is 12.2. The average Bonchev–Trinajstić information content (AvgIpc) is 2.91. The van der Waals surface area contributed by atoms with E-state index >= 15 is 0 Å². The number of nitrogens with zero attached hydrogens (tertiary/aromatic N) is 2. The lowest BCUT2D eigenvalue weighted by atomic mass is 9.54. The summed E-state index contributed by atoms with van der Waals surface area (Å²) in [5.41, 5.74) is -1.96. The standard InChI is InChI=1S/C16H25N3O5/c1-5-23-11-9-16(14(21)22,15(11,3)4)18-12(20)7-6-8-13-17-10(2)19-24-13/h11H,5-9H2,1-4H3,(H,18,20)(H,21,22). The summed E-state index contributed by atoms with van der Waals surface area (Å²) in [7, 11) is 0. The van der Waals surface area contributed by atoms with Crippen LogP contribution in [0.15, 0.2) is 4.52 Å². The van der Waals surface area contributed by atoms with Gasteiger partial charge in [-0.3, -0.25) is 4.79 Å². The first kappa shape index (κ1) is 18.4. The van der Waals surface area contributed by atoms with Crippen LogP contribution < -0.4 is 5.32 Å². The minimum atomic E-state index is -1.29. The minimum absolute atomic E-state index is 0.180. The Kier molecular flexibility index (Phi) is 5.27. The van der Waals surface area contributed by atoms with Gasteiger partial charge in [-0.05, 0) is 20.3 Å². The Labute approximate surface area is 141 Å². The fourth-order valence-corrected chi connectivity index (χ4v) is 3.18. The number of carbonyl (C=O) groups is 2. The van der Waals surface area contributed by atoms with Gasteiger partial charge in [0.05, 0.1) is 6.10 Å². The molecular weight excluding hydrogens is 314 g/mol. The van der Waals surface area contributed by atoms with Gasteiger partial charge in [0, 0.05) is 31.3 Å². The summed E-state index contributed by atoms with van der Waals surface area (Å²) in [5.74, 6) is -0.285. The van der Waals surface area contributed by atoms with E-state index in [-0.39, 0.29) is 24.9 Å². The van der Waals surface area contributed by atoms with Crippen molar-refractivity contribution in [2.24, 2.45) is 5.41 Å². The van der Waals surface area contributed by atoms with E-state index in [2.05, 4.69) is 15.5 Å². The molecular formula is C16H25N3O5. The SMILES string of the molecule is CCOC1CC(NC(=O)CCCc2nc(C)no2)(C(=O)O)C1(C)C. The Bertz CT molecular complexity index is 613. The van der Waals surface area contributed by atoms with Crippen molar-refractivity contribution < 1.29 is 24.0 Å². The molecule has 1 aliphatic rings. The molecule has 2 N–H and O–H groups in total. The molecule has 0 bridgehead atoms. The van der Waals surface area contributed by atoms with Crippen LogP contribution >= 0.6 is 0 Å². The van der Waals surface area contributed by atoms with Crippen LogP contribution in [0.5, 0.6) is 0 Å². The number of hydrogen-bond donors (Lipinski definition) is 2. The Morgan fingerprint density at radius 2 is 2.17 bits per heavy atom. The van der Waals surface area contributed by atoms with Crippen molar-refractivity contribution in [3.63, 3.8) is 0 Å². The van der Waals surface area contributed by atoms with E-state index in [1.54, 1.807) is 6.92 Å². The fraction of sp³-hybridized carbons (Fsp3) is 0.750. The third-order valence-corrected chi connectivity index (χ3v) is 4.85. The van der Waals surface area contributed by atoms with Crippen molar-refractivity contribution in [2.75, 3.05) is 6.61 Å². The third kappa shape index (κ3) is 3.28. The van der Waals surface area contributed by atoms with Gasteiger partial charge in [0.25, 0.3) is 0 Å². The highest BCUT2D eigenvalue weighted by Crippen LogP contribution is 2.51. The number of nitrogens with one attached hydrogen (secondary N) is 1. The molecule has 1 amide bonds. The van der Waals surface area contributed by atoms with Crippen LogP contribution in [0.3, 0.4) is 0 Å². The van der Waals surface area contributed by atoms with E-state index in [9.17, 15) is 14.7 Å². The first-order valence-electron chi connectivity index (χ1n) is 8.18. The lowest BCUT2D eigenvalue weighted by Gasteiger charge is -2.58. The van der Waals surface area contributed by atoms with Crippen LogP contribution in [0.4, 0.5) is 0 Å². The van der Waals surface area contributed by atoms with Gasteiger partial charge in [0.1, 0.15) is 5.54 Å². The van der Waals surface area contributed by atoms with Crippen molar-refractivity contribution in [1.82, 2.24) is 15.5 Å². The summed E-state index contributed by atoms with van der Waals surface area (Å²) < 4.78 is 10.6. The monoisotopic (exact) mass is 339 g/mol.